The van der Waals surface area contributed by atoms with E-state index in [-0.39, 0.29) is 0 Å². The maximum Gasteiger partial charge on any atom is 0.183 e. The lowest BCUT2D eigenvalue weighted by Gasteiger charge is -2.16. The van der Waals surface area contributed by atoms with Gasteiger partial charge in [0, 0.05) is 6.61 Å². The maximum absolute atomic E-state index is 5.70. The minimum absolute atomic E-state index is 0.579. The minimum Gasteiger partial charge on any atom is -0.415 e. The molecule has 0 aromatic carbocycles. The van der Waals surface area contributed by atoms with Crippen molar-refractivity contribution in [3.05, 3.63) is 0 Å². The zero-order chi connectivity index (χ0) is 20.8. The van der Waals surface area contributed by atoms with Crippen LogP contribution in [0.2, 0.25) is 19.6 Å². The summed E-state index contributed by atoms with van der Waals surface area (Å²) in [4.78, 5) is 0. The monoisotopic (exact) mass is 422 g/mol. The van der Waals surface area contributed by atoms with Gasteiger partial charge in [0.1, 0.15) is 0 Å². The van der Waals surface area contributed by atoms with Crippen molar-refractivity contribution in [3.8, 4) is 0 Å². The van der Waals surface area contributed by atoms with Crippen LogP contribution in [0.5, 0.6) is 0 Å². The third kappa shape index (κ3) is 26.0. The van der Waals surface area contributed by atoms with Crippen LogP contribution in [-0.4, -0.2) is 81.0 Å². The number of ether oxygens (including phenoxy) is 5. The smallest absolute Gasteiger partial charge is 0.183 e. The van der Waals surface area contributed by atoms with E-state index in [2.05, 4.69) is 26.6 Å². The molecule has 0 rings (SSSR count). The Morgan fingerprint density at radius 2 is 0.786 bits per heavy atom. The van der Waals surface area contributed by atoms with Crippen LogP contribution in [0.25, 0.3) is 0 Å². The second kappa shape index (κ2) is 21.7. The first kappa shape index (κ1) is 28.0. The van der Waals surface area contributed by atoms with Crippen LogP contribution in [0.15, 0.2) is 0 Å². The molecule has 0 aliphatic rings. The third-order valence-corrected chi connectivity index (χ3v) is 4.96. The van der Waals surface area contributed by atoms with E-state index in [4.69, 9.17) is 28.1 Å². The number of unbranched alkanes of at least 4 members (excludes halogenated alkanes) is 5. The molecule has 170 valence electrons. The summed E-state index contributed by atoms with van der Waals surface area (Å²) in [6, 6.07) is 0. The van der Waals surface area contributed by atoms with Crippen molar-refractivity contribution in [1.29, 1.82) is 0 Å². The third-order valence-electron chi connectivity index (χ3n) is 3.89. The summed E-state index contributed by atoms with van der Waals surface area (Å²) in [5.74, 6) is 0. The molecule has 0 saturated heterocycles. The Labute approximate surface area is 174 Å². The number of rotatable bonds is 23. The molecule has 0 amide bonds. The largest absolute Gasteiger partial charge is 0.415 e. The highest BCUT2D eigenvalue weighted by molar-refractivity contribution is 6.69. The first-order valence-electron chi connectivity index (χ1n) is 11.1. The summed E-state index contributed by atoms with van der Waals surface area (Å²) in [5.41, 5.74) is 0. The van der Waals surface area contributed by atoms with Gasteiger partial charge in [-0.1, -0.05) is 39.0 Å². The first-order valence-corrected chi connectivity index (χ1v) is 14.5. The molecular weight excluding hydrogens is 376 g/mol. The molecule has 0 bridgehead atoms. The molecule has 0 aromatic heterocycles. The molecule has 0 aromatic rings. The predicted molar refractivity (Wildman–Crippen MR) is 117 cm³/mol. The van der Waals surface area contributed by atoms with Gasteiger partial charge in [-0.2, -0.15) is 0 Å². The second-order valence-electron chi connectivity index (χ2n) is 7.79. The molecule has 0 spiro atoms. The topological polar surface area (TPSA) is 55.4 Å². The van der Waals surface area contributed by atoms with Crippen molar-refractivity contribution in [3.63, 3.8) is 0 Å². The summed E-state index contributed by atoms with van der Waals surface area (Å²) in [7, 11) is -1.42. The van der Waals surface area contributed by atoms with Crippen LogP contribution in [0, 0.1) is 0 Å². The highest BCUT2D eigenvalue weighted by Crippen LogP contribution is 2.04. The SMILES string of the molecule is CCCCCCCCOCCOCCOCCOCCOCCO[Si](C)(C)C. The van der Waals surface area contributed by atoms with E-state index in [9.17, 15) is 0 Å². The van der Waals surface area contributed by atoms with E-state index in [1.165, 1.54) is 32.1 Å². The fourth-order valence-electron chi connectivity index (χ4n) is 2.37. The van der Waals surface area contributed by atoms with Crippen molar-refractivity contribution in [2.24, 2.45) is 0 Å². The Bertz CT molecular complexity index is 299. The van der Waals surface area contributed by atoms with Crippen molar-refractivity contribution in [2.75, 3.05) is 72.7 Å². The van der Waals surface area contributed by atoms with Gasteiger partial charge in [-0.25, -0.2) is 0 Å². The molecule has 0 unspecified atom stereocenters. The van der Waals surface area contributed by atoms with Gasteiger partial charge in [0.15, 0.2) is 8.32 Å². The van der Waals surface area contributed by atoms with Crippen molar-refractivity contribution in [1.82, 2.24) is 0 Å². The molecular formula is C21H46O6Si. The Kier molecular flexibility index (Phi) is 21.7. The summed E-state index contributed by atoms with van der Waals surface area (Å²) in [5, 5.41) is 0. The van der Waals surface area contributed by atoms with Gasteiger partial charge in [0.2, 0.25) is 0 Å². The van der Waals surface area contributed by atoms with Crippen LogP contribution in [0.4, 0.5) is 0 Å². The van der Waals surface area contributed by atoms with E-state index in [0.29, 0.717) is 66.1 Å². The first-order chi connectivity index (χ1) is 13.6. The Morgan fingerprint density at radius 1 is 0.429 bits per heavy atom. The average Bonchev–Trinajstić information content (AvgIpc) is 2.65. The number of hydrogen-bond acceptors (Lipinski definition) is 6. The zero-order valence-electron chi connectivity index (χ0n) is 19.0. The summed E-state index contributed by atoms with van der Waals surface area (Å²) < 4.78 is 33.1. The minimum atomic E-state index is -1.42. The lowest BCUT2D eigenvalue weighted by molar-refractivity contribution is -0.0130. The van der Waals surface area contributed by atoms with Gasteiger partial charge >= 0.3 is 0 Å². The van der Waals surface area contributed by atoms with Gasteiger partial charge in [0.05, 0.1) is 66.1 Å². The maximum atomic E-state index is 5.70. The Hall–Kier alpha value is -0.0231. The molecule has 0 radical (unpaired) electrons. The highest BCUT2D eigenvalue weighted by atomic mass is 28.4. The molecule has 7 heteroatoms. The van der Waals surface area contributed by atoms with Gasteiger partial charge < -0.3 is 28.1 Å². The molecule has 6 nitrogen and oxygen atoms in total. The number of hydrogen-bond donors (Lipinski definition) is 0. The lowest BCUT2D eigenvalue weighted by Crippen LogP contribution is -2.27. The van der Waals surface area contributed by atoms with Crippen LogP contribution in [-0.2, 0) is 28.1 Å². The average molecular weight is 423 g/mol. The standard InChI is InChI=1S/C21H46O6Si/c1-5-6-7-8-9-10-11-22-12-13-23-14-15-24-16-17-25-18-19-26-20-21-27-28(2,3)4/h5-21H2,1-4H3. The molecule has 0 N–H and O–H groups in total. The van der Waals surface area contributed by atoms with Crippen molar-refractivity contribution in [2.45, 2.75) is 65.1 Å². The van der Waals surface area contributed by atoms with E-state index >= 15 is 0 Å². The normalized spacial score (nSPS) is 12.0. The molecule has 28 heavy (non-hydrogen) atoms. The van der Waals surface area contributed by atoms with Gasteiger partial charge in [-0.15, -0.1) is 0 Å². The summed E-state index contributed by atoms with van der Waals surface area (Å²) in [6.07, 6.45) is 7.77. The van der Waals surface area contributed by atoms with Crippen LogP contribution >= 0.6 is 0 Å². The van der Waals surface area contributed by atoms with Gasteiger partial charge in [0.25, 0.3) is 0 Å². The fourth-order valence-corrected chi connectivity index (χ4v) is 3.07. The van der Waals surface area contributed by atoms with Crippen LogP contribution < -0.4 is 0 Å². The van der Waals surface area contributed by atoms with Crippen LogP contribution in [0.1, 0.15) is 45.4 Å². The molecule has 0 atom stereocenters. The van der Waals surface area contributed by atoms with Gasteiger partial charge in [-0.05, 0) is 26.1 Å². The van der Waals surface area contributed by atoms with E-state index in [0.717, 1.165) is 13.0 Å². The van der Waals surface area contributed by atoms with Crippen LogP contribution in [0.3, 0.4) is 0 Å². The van der Waals surface area contributed by atoms with E-state index in [1.54, 1.807) is 0 Å². The predicted octanol–water partition coefficient (Wildman–Crippen LogP) is 4.28. The fraction of sp³-hybridized carbons (Fsp3) is 1.00. The Balaban J connectivity index is 3.01. The second-order valence-corrected chi connectivity index (χ2v) is 12.3. The molecule has 0 aliphatic heterocycles. The van der Waals surface area contributed by atoms with E-state index in [1.807, 2.05) is 0 Å². The van der Waals surface area contributed by atoms with Gasteiger partial charge in [-0.3, -0.25) is 0 Å². The highest BCUT2D eigenvalue weighted by Gasteiger charge is 2.12. The molecule has 0 aliphatic carbocycles. The lowest BCUT2D eigenvalue weighted by atomic mass is 10.1. The van der Waals surface area contributed by atoms with Crippen molar-refractivity contribution < 1.29 is 28.1 Å². The zero-order valence-corrected chi connectivity index (χ0v) is 20.0. The van der Waals surface area contributed by atoms with E-state index < -0.39 is 8.32 Å². The summed E-state index contributed by atoms with van der Waals surface area (Å²) >= 11 is 0. The molecule has 0 heterocycles. The molecule has 0 saturated carbocycles. The quantitative estimate of drug-likeness (QED) is 0.181. The Morgan fingerprint density at radius 3 is 1.21 bits per heavy atom. The van der Waals surface area contributed by atoms with Crippen molar-refractivity contribution >= 4 is 8.32 Å². The molecule has 0 fully saturated rings. The summed E-state index contributed by atoms with van der Waals surface area (Å²) in [6.45, 7) is 15.7.